The summed E-state index contributed by atoms with van der Waals surface area (Å²) in [5, 5.41) is 2.84. The number of alkyl halides is 1. The molecule has 0 aliphatic rings. The lowest BCUT2D eigenvalue weighted by atomic mass is 10.1. The van der Waals surface area contributed by atoms with Gasteiger partial charge in [0.2, 0.25) is 0 Å². The van der Waals surface area contributed by atoms with Crippen LogP contribution in [0.25, 0.3) is 10.9 Å². The van der Waals surface area contributed by atoms with Gasteiger partial charge in [0.05, 0.1) is 19.0 Å². The van der Waals surface area contributed by atoms with E-state index in [0.717, 1.165) is 11.9 Å². The second kappa shape index (κ2) is 6.02. The number of halogens is 1. The summed E-state index contributed by atoms with van der Waals surface area (Å²) < 4.78 is 0. The minimum Gasteiger partial charge on any atom is -0.361 e. The van der Waals surface area contributed by atoms with Gasteiger partial charge >= 0.3 is 0 Å². The van der Waals surface area contributed by atoms with Crippen molar-refractivity contribution in [1.82, 2.24) is 10.0 Å². The molecule has 1 aromatic heterocycles. The number of amides is 1. The largest absolute Gasteiger partial charge is 0.361 e. The molecule has 0 bridgehead atoms. The number of carbonyl (C=O) groups excluding carboxylic acids is 1. The summed E-state index contributed by atoms with van der Waals surface area (Å²) in [6.07, 6.45) is 2.74. The van der Waals surface area contributed by atoms with Crippen molar-refractivity contribution in [3.63, 3.8) is 0 Å². The minimum absolute atomic E-state index is 0.0719. The van der Waals surface area contributed by atoms with E-state index in [-0.39, 0.29) is 11.2 Å². The van der Waals surface area contributed by atoms with Gasteiger partial charge in [0.15, 0.2) is 0 Å². The Labute approximate surface area is 114 Å². The van der Waals surface area contributed by atoms with Crippen LogP contribution >= 0.6 is 15.9 Å². The van der Waals surface area contributed by atoms with Crippen molar-refractivity contribution in [2.75, 3.05) is 19.0 Å². The number of rotatable bonds is 5. The van der Waals surface area contributed by atoms with Gasteiger partial charge in [-0.25, -0.2) is 5.06 Å². The Bertz CT molecular complexity index is 539. The first-order valence-corrected chi connectivity index (χ1v) is 6.84. The molecule has 2 aromatic rings. The number of aromatic nitrogens is 1. The molecule has 1 amide bonds. The predicted molar refractivity (Wildman–Crippen MR) is 74.5 cm³/mol. The van der Waals surface area contributed by atoms with E-state index in [4.69, 9.17) is 4.84 Å². The van der Waals surface area contributed by atoms with Crippen LogP contribution in [0.4, 0.5) is 0 Å². The van der Waals surface area contributed by atoms with Crippen LogP contribution in [0.3, 0.4) is 0 Å². The van der Waals surface area contributed by atoms with Crippen molar-refractivity contribution >= 4 is 32.7 Å². The second-order valence-corrected chi connectivity index (χ2v) is 4.48. The van der Waals surface area contributed by atoms with E-state index in [0.29, 0.717) is 6.54 Å². The second-order valence-electron chi connectivity index (χ2n) is 3.92. The number of hydroxylamine groups is 2. The summed E-state index contributed by atoms with van der Waals surface area (Å²) in [6, 6.07) is 8.12. The summed E-state index contributed by atoms with van der Waals surface area (Å²) in [6.45, 7) is 0.544. The number of para-hydroxylation sites is 1. The number of H-pyrrole nitrogens is 1. The first-order chi connectivity index (χ1) is 8.76. The Morgan fingerprint density at radius 1 is 1.44 bits per heavy atom. The molecule has 0 unspecified atom stereocenters. The number of hydrogen-bond donors (Lipinski definition) is 1. The van der Waals surface area contributed by atoms with E-state index in [9.17, 15) is 4.79 Å². The molecule has 2 rings (SSSR count). The summed E-state index contributed by atoms with van der Waals surface area (Å²) in [5.74, 6) is -0.0719. The molecule has 0 saturated carbocycles. The normalized spacial score (nSPS) is 10.8. The van der Waals surface area contributed by atoms with Crippen molar-refractivity contribution in [3.05, 3.63) is 36.0 Å². The molecule has 96 valence electrons. The molecule has 0 atom stereocenters. The third kappa shape index (κ3) is 2.73. The van der Waals surface area contributed by atoms with Gasteiger partial charge < -0.3 is 4.98 Å². The molecule has 0 radical (unpaired) electrons. The highest BCUT2D eigenvalue weighted by Crippen LogP contribution is 2.18. The lowest BCUT2D eigenvalue weighted by molar-refractivity contribution is -0.172. The maximum atomic E-state index is 11.5. The number of carbonyl (C=O) groups is 1. The van der Waals surface area contributed by atoms with Crippen LogP contribution in [0, 0.1) is 0 Å². The molecule has 0 aliphatic heterocycles. The monoisotopic (exact) mass is 310 g/mol. The third-order valence-corrected chi connectivity index (χ3v) is 3.35. The van der Waals surface area contributed by atoms with Crippen LogP contribution in [0.2, 0.25) is 0 Å². The molecule has 0 saturated heterocycles. The van der Waals surface area contributed by atoms with Gasteiger partial charge in [-0.1, -0.05) is 34.1 Å². The van der Waals surface area contributed by atoms with Gasteiger partial charge in [-0.2, -0.15) is 0 Å². The topological polar surface area (TPSA) is 45.3 Å². The average Bonchev–Trinajstić information content (AvgIpc) is 2.82. The van der Waals surface area contributed by atoms with Crippen LogP contribution in [-0.4, -0.2) is 34.9 Å². The number of nitrogens with one attached hydrogen (secondary N) is 1. The SMILES string of the molecule is CON(CCc1c[nH]c2ccccc12)C(=O)CBr. The number of benzene rings is 1. The highest BCUT2D eigenvalue weighted by atomic mass is 79.9. The van der Waals surface area contributed by atoms with E-state index in [1.165, 1.54) is 23.1 Å². The smallest absolute Gasteiger partial charge is 0.256 e. The summed E-state index contributed by atoms with van der Waals surface area (Å²) in [7, 11) is 1.51. The van der Waals surface area contributed by atoms with Crippen molar-refractivity contribution in [3.8, 4) is 0 Å². The maximum absolute atomic E-state index is 11.5. The zero-order valence-electron chi connectivity index (χ0n) is 10.1. The molecule has 18 heavy (non-hydrogen) atoms. The van der Waals surface area contributed by atoms with Gasteiger partial charge in [-0.3, -0.25) is 9.63 Å². The molecule has 0 fully saturated rings. The van der Waals surface area contributed by atoms with Crippen molar-refractivity contribution in [2.24, 2.45) is 0 Å². The van der Waals surface area contributed by atoms with Gasteiger partial charge in [0, 0.05) is 17.1 Å². The minimum atomic E-state index is -0.0719. The molecule has 0 spiro atoms. The van der Waals surface area contributed by atoms with E-state index < -0.39 is 0 Å². The zero-order valence-corrected chi connectivity index (χ0v) is 11.7. The lowest BCUT2D eigenvalue weighted by Gasteiger charge is -2.18. The van der Waals surface area contributed by atoms with Gasteiger partial charge in [-0.05, 0) is 18.1 Å². The fourth-order valence-electron chi connectivity index (χ4n) is 1.94. The van der Waals surface area contributed by atoms with E-state index in [1.807, 2.05) is 24.4 Å². The van der Waals surface area contributed by atoms with Crippen molar-refractivity contribution in [1.29, 1.82) is 0 Å². The first kappa shape index (κ1) is 13.1. The van der Waals surface area contributed by atoms with Crippen LogP contribution in [0.15, 0.2) is 30.5 Å². The van der Waals surface area contributed by atoms with Crippen molar-refractivity contribution < 1.29 is 9.63 Å². The van der Waals surface area contributed by atoms with Crippen molar-refractivity contribution in [2.45, 2.75) is 6.42 Å². The number of hydrogen-bond acceptors (Lipinski definition) is 2. The highest BCUT2D eigenvalue weighted by Gasteiger charge is 2.12. The standard InChI is InChI=1S/C13H15BrN2O2/c1-18-16(13(17)8-14)7-6-10-9-15-12-5-3-2-4-11(10)12/h2-5,9,15H,6-8H2,1H3. The first-order valence-electron chi connectivity index (χ1n) is 5.71. The average molecular weight is 311 g/mol. The van der Waals surface area contributed by atoms with Crippen LogP contribution in [-0.2, 0) is 16.1 Å². The number of fused-ring (bicyclic) bond motifs is 1. The van der Waals surface area contributed by atoms with E-state index in [2.05, 4.69) is 27.0 Å². The zero-order chi connectivity index (χ0) is 13.0. The summed E-state index contributed by atoms with van der Waals surface area (Å²) in [4.78, 5) is 19.8. The molecular formula is C13H15BrN2O2. The third-order valence-electron chi connectivity index (χ3n) is 2.87. The molecule has 5 heteroatoms. The Kier molecular flexibility index (Phi) is 4.38. The quantitative estimate of drug-likeness (QED) is 0.681. The number of aromatic amines is 1. The lowest BCUT2D eigenvalue weighted by Crippen LogP contribution is -2.32. The fraction of sp³-hybridized carbons (Fsp3) is 0.308. The molecule has 0 aliphatic carbocycles. The molecule has 1 N–H and O–H groups in total. The fourth-order valence-corrected chi connectivity index (χ4v) is 2.22. The maximum Gasteiger partial charge on any atom is 0.256 e. The highest BCUT2D eigenvalue weighted by molar-refractivity contribution is 9.09. The Balaban J connectivity index is 2.07. The van der Waals surface area contributed by atoms with Gasteiger partial charge in [0.1, 0.15) is 0 Å². The molecular weight excluding hydrogens is 296 g/mol. The molecule has 4 nitrogen and oxygen atoms in total. The van der Waals surface area contributed by atoms with Crippen LogP contribution in [0.1, 0.15) is 5.56 Å². The summed E-state index contributed by atoms with van der Waals surface area (Å²) in [5.41, 5.74) is 2.30. The van der Waals surface area contributed by atoms with E-state index >= 15 is 0 Å². The van der Waals surface area contributed by atoms with Gasteiger partial charge in [0.25, 0.3) is 5.91 Å². The van der Waals surface area contributed by atoms with E-state index in [1.54, 1.807) is 0 Å². The molecule has 1 heterocycles. The van der Waals surface area contributed by atoms with Crippen LogP contribution < -0.4 is 0 Å². The molecule has 1 aromatic carbocycles. The van der Waals surface area contributed by atoms with Gasteiger partial charge in [-0.15, -0.1) is 0 Å². The summed E-state index contributed by atoms with van der Waals surface area (Å²) >= 11 is 3.14. The Morgan fingerprint density at radius 2 is 2.22 bits per heavy atom. The Hall–Kier alpha value is -1.33. The predicted octanol–water partition coefficient (Wildman–Crippen LogP) is 2.50. The van der Waals surface area contributed by atoms with Crippen LogP contribution in [0.5, 0.6) is 0 Å². The Morgan fingerprint density at radius 3 is 2.94 bits per heavy atom. The number of nitrogens with zero attached hydrogens (tertiary/aromatic N) is 1.